The lowest BCUT2D eigenvalue weighted by molar-refractivity contribution is -0.117. The maximum atomic E-state index is 12.9. The fourth-order valence-corrected chi connectivity index (χ4v) is 3.32. The standard InChI is InChI=1S/C27H27ClN4O2/c1-4-19-9-11-21(12-10-19)18-29-31-27(34)25(17-20-13-15-22(16-14-20)32(2)3)30-26(33)23-7-5-6-8-24(23)28/h5-18H,4H2,1-3H3,(H,30,33)(H,31,34)/b25-17-,29-18?. The molecule has 0 aromatic heterocycles. The first kappa shape index (κ1) is 24.7. The molecule has 174 valence electrons. The molecule has 0 atom stereocenters. The van der Waals surface area contributed by atoms with Crippen LogP contribution in [-0.4, -0.2) is 32.1 Å². The van der Waals surface area contributed by atoms with Crippen LogP contribution >= 0.6 is 11.6 Å². The Kier molecular flexibility index (Phi) is 8.60. The van der Waals surface area contributed by atoms with E-state index in [0.717, 1.165) is 23.2 Å². The summed E-state index contributed by atoms with van der Waals surface area (Å²) in [6, 6.07) is 22.1. The molecule has 2 amide bonds. The number of hydrogen-bond donors (Lipinski definition) is 2. The Bertz CT molecular complexity index is 1200. The number of rotatable bonds is 8. The molecule has 3 aromatic rings. The average Bonchev–Trinajstić information content (AvgIpc) is 2.84. The number of nitrogens with one attached hydrogen (secondary N) is 2. The highest BCUT2D eigenvalue weighted by molar-refractivity contribution is 6.34. The Morgan fingerprint density at radius 3 is 2.21 bits per heavy atom. The van der Waals surface area contributed by atoms with E-state index in [1.54, 1.807) is 36.6 Å². The third-order valence-electron chi connectivity index (χ3n) is 5.10. The molecule has 0 spiro atoms. The van der Waals surface area contributed by atoms with Crippen molar-refractivity contribution < 1.29 is 9.59 Å². The van der Waals surface area contributed by atoms with Gasteiger partial charge in [0.15, 0.2) is 0 Å². The van der Waals surface area contributed by atoms with Crippen molar-refractivity contribution in [3.8, 4) is 0 Å². The fraction of sp³-hybridized carbons (Fsp3) is 0.148. The van der Waals surface area contributed by atoms with Crippen molar-refractivity contribution in [1.82, 2.24) is 10.7 Å². The van der Waals surface area contributed by atoms with Gasteiger partial charge in [0, 0.05) is 19.8 Å². The molecule has 0 aliphatic heterocycles. The predicted molar refractivity (Wildman–Crippen MR) is 139 cm³/mol. The van der Waals surface area contributed by atoms with Gasteiger partial charge in [0.25, 0.3) is 11.8 Å². The van der Waals surface area contributed by atoms with E-state index in [0.29, 0.717) is 5.02 Å². The first-order valence-electron chi connectivity index (χ1n) is 10.8. The molecule has 7 heteroatoms. The number of benzene rings is 3. The smallest absolute Gasteiger partial charge is 0.287 e. The van der Waals surface area contributed by atoms with E-state index in [4.69, 9.17) is 11.6 Å². The number of carbonyl (C=O) groups is 2. The molecule has 0 saturated carbocycles. The minimum atomic E-state index is -0.557. The van der Waals surface area contributed by atoms with Crippen LogP contribution in [0.2, 0.25) is 5.02 Å². The summed E-state index contributed by atoms with van der Waals surface area (Å²) in [5.74, 6) is -1.05. The van der Waals surface area contributed by atoms with Crippen molar-refractivity contribution in [3.63, 3.8) is 0 Å². The highest BCUT2D eigenvalue weighted by Crippen LogP contribution is 2.17. The van der Waals surface area contributed by atoms with E-state index >= 15 is 0 Å². The molecular formula is C27H27ClN4O2. The molecular weight excluding hydrogens is 448 g/mol. The summed E-state index contributed by atoms with van der Waals surface area (Å²) in [5.41, 5.74) is 6.63. The number of amides is 2. The van der Waals surface area contributed by atoms with Crippen LogP contribution in [0.15, 0.2) is 83.6 Å². The first-order valence-corrected chi connectivity index (χ1v) is 11.2. The van der Waals surface area contributed by atoms with Gasteiger partial charge in [0.2, 0.25) is 0 Å². The van der Waals surface area contributed by atoms with Crippen molar-refractivity contribution in [1.29, 1.82) is 0 Å². The van der Waals surface area contributed by atoms with Crippen molar-refractivity contribution >= 4 is 41.4 Å². The zero-order valence-corrected chi connectivity index (χ0v) is 20.1. The summed E-state index contributed by atoms with van der Waals surface area (Å²) in [6.45, 7) is 2.09. The second kappa shape index (κ2) is 11.8. The number of hydrogen-bond acceptors (Lipinski definition) is 4. The highest BCUT2D eigenvalue weighted by atomic mass is 35.5. The van der Waals surface area contributed by atoms with Crippen LogP contribution in [0.5, 0.6) is 0 Å². The Morgan fingerprint density at radius 1 is 0.941 bits per heavy atom. The van der Waals surface area contributed by atoms with E-state index in [9.17, 15) is 9.59 Å². The van der Waals surface area contributed by atoms with Gasteiger partial charge < -0.3 is 10.2 Å². The lowest BCUT2D eigenvalue weighted by Crippen LogP contribution is -2.33. The lowest BCUT2D eigenvalue weighted by atomic mass is 10.1. The average molecular weight is 475 g/mol. The van der Waals surface area contributed by atoms with Crippen molar-refractivity contribution in [2.24, 2.45) is 5.10 Å². The Balaban J connectivity index is 1.82. The fourth-order valence-electron chi connectivity index (χ4n) is 3.09. The van der Waals surface area contributed by atoms with Crippen LogP contribution in [0.25, 0.3) is 6.08 Å². The maximum Gasteiger partial charge on any atom is 0.287 e. The van der Waals surface area contributed by atoms with Gasteiger partial charge in [-0.2, -0.15) is 5.10 Å². The van der Waals surface area contributed by atoms with E-state index in [2.05, 4.69) is 22.8 Å². The van der Waals surface area contributed by atoms with Gasteiger partial charge in [-0.25, -0.2) is 5.43 Å². The quantitative estimate of drug-likeness (QED) is 0.277. The van der Waals surface area contributed by atoms with Crippen molar-refractivity contribution in [2.45, 2.75) is 13.3 Å². The number of anilines is 1. The van der Waals surface area contributed by atoms with Gasteiger partial charge >= 0.3 is 0 Å². The van der Waals surface area contributed by atoms with Gasteiger partial charge in [-0.3, -0.25) is 9.59 Å². The van der Waals surface area contributed by atoms with Gasteiger partial charge in [0.1, 0.15) is 5.70 Å². The minimum Gasteiger partial charge on any atom is -0.378 e. The Labute approximate surface area is 204 Å². The second-order valence-corrected chi connectivity index (χ2v) is 8.18. The van der Waals surface area contributed by atoms with Crippen LogP contribution in [0.3, 0.4) is 0 Å². The first-order chi connectivity index (χ1) is 16.4. The number of nitrogens with zero attached hydrogens (tertiary/aromatic N) is 2. The van der Waals surface area contributed by atoms with Gasteiger partial charge in [0.05, 0.1) is 16.8 Å². The molecule has 2 N–H and O–H groups in total. The topological polar surface area (TPSA) is 73.8 Å². The monoisotopic (exact) mass is 474 g/mol. The third kappa shape index (κ3) is 6.80. The molecule has 0 aliphatic carbocycles. The molecule has 0 heterocycles. The lowest BCUT2D eigenvalue weighted by Gasteiger charge is -2.13. The van der Waals surface area contributed by atoms with E-state index in [-0.39, 0.29) is 11.3 Å². The van der Waals surface area contributed by atoms with Gasteiger partial charge in [-0.05, 0) is 53.5 Å². The third-order valence-corrected chi connectivity index (χ3v) is 5.43. The molecule has 0 radical (unpaired) electrons. The predicted octanol–water partition coefficient (Wildman–Crippen LogP) is 4.89. The van der Waals surface area contributed by atoms with E-state index < -0.39 is 11.8 Å². The number of aryl methyl sites for hydroxylation is 1. The summed E-state index contributed by atoms with van der Waals surface area (Å²) < 4.78 is 0. The normalized spacial score (nSPS) is 11.4. The maximum absolute atomic E-state index is 12.9. The molecule has 0 unspecified atom stereocenters. The molecule has 6 nitrogen and oxygen atoms in total. The zero-order chi connectivity index (χ0) is 24.5. The Morgan fingerprint density at radius 2 is 1.59 bits per heavy atom. The van der Waals surface area contributed by atoms with Crippen LogP contribution in [0, 0.1) is 0 Å². The summed E-state index contributed by atoms with van der Waals surface area (Å²) in [7, 11) is 3.89. The molecule has 34 heavy (non-hydrogen) atoms. The summed E-state index contributed by atoms with van der Waals surface area (Å²) in [5, 5.41) is 7.00. The SMILES string of the molecule is CCc1ccc(C=NNC(=O)/C(=C/c2ccc(N(C)C)cc2)NC(=O)c2ccccc2Cl)cc1. The van der Waals surface area contributed by atoms with E-state index in [1.165, 1.54) is 5.56 Å². The molecule has 0 bridgehead atoms. The number of carbonyl (C=O) groups excluding carboxylic acids is 2. The summed E-state index contributed by atoms with van der Waals surface area (Å²) >= 11 is 6.15. The zero-order valence-electron chi connectivity index (χ0n) is 19.4. The van der Waals surface area contributed by atoms with E-state index in [1.807, 2.05) is 67.5 Å². The molecule has 0 saturated heterocycles. The van der Waals surface area contributed by atoms with Crippen molar-refractivity contribution in [2.75, 3.05) is 19.0 Å². The van der Waals surface area contributed by atoms with Crippen LogP contribution in [0.1, 0.15) is 34.0 Å². The Hall–Kier alpha value is -3.90. The number of hydrazone groups is 1. The van der Waals surface area contributed by atoms with Crippen LogP contribution in [0.4, 0.5) is 5.69 Å². The number of halogens is 1. The second-order valence-electron chi connectivity index (χ2n) is 7.77. The van der Waals surface area contributed by atoms with Crippen LogP contribution in [-0.2, 0) is 11.2 Å². The van der Waals surface area contributed by atoms with Crippen LogP contribution < -0.4 is 15.6 Å². The van der Waals surface area contributed by atoms with Gasteiger partial charge in [-0.15, -0.1) is 0 Å². The molecule has 3 aromatic carbocycles. The summed E-state index contributed by atoms with van der Waals surface area (Å²) in [6.07, 6.45) is 4.09. The molecule has 3 rings (SSSR count). The molecule has 0 fully saturated rings. The van der Waals surface area contributed by atoms with Crippen molar-refractivity contribution in [3.05, 3.63) is 106 Å². The minimum absolute atomic E-state index is 0.0426. The summed E-state index contributed by atoms with van der Waals surface area (Å²) in [4.78, 5) is 27.7. The van der Waals surface area contributed by atoms with Gasteiger partial charge in [-0.1, -0.05) is 67.1 Å². The largest absolute Gasteiger partial charge is 0.378 e. The highest BCUT2D eigenvalue weighted by Gasteiger charge is 2.16. The molecule has 0 aliphatic rings.